The Morgan fingerprint density at radius 3 is 2.18 bits per heavy atom. The molecule has 0 heterocycles. The Balaban J connectivity index is 2.26. The van der Waals surface area contributed by atoms with Crippen LogP contribution in [0.5, 0.6) is 0 Å². The second-order valence-corrected chi connectivity index (χ2v) is 8.34. The van der Waals surface area contributed by atoms with Crippen LogP contribution in [0.25, 0.3) is 0 Å². The molecule has 1 aromatic rings. The Kier molecular flexibility index (Phi) is 12.6. The number of ether oxygens (including phenoxy) is 1. The summed E-state index contributed by atoms with van der Waals surface area (Å²) in [5.41, 5.74) is 0.642. The van der Waals surface area contributed by atoms with E-state index in [0.29, 0.717) is 19.7 Å². The molecule has 1 amide bonds. The summed E-state index contributed by atoms with van der Waals surface area (Å²) in [6.07, 6.45) is 7.32. The van der Waals surface area contributed by atoms with Crippen LogP contribution in [0, 0.1) is 0 Å². The van der Waals surface area contributed by atoms with Crippen LogP contribution in [0.4, 0.5) is 4.79 Å². The van der Waals surface area contributed by atoms with Crippen LogP contribution in [0.1, 0.15) is 71.3 Å². The average molecular weight is 393 g/mol. The van der Waals surface area contributed by atoms with Crippen LogP contribution < -0.4 is 5.32 Å². The van der Waals surface area contributed by atoms with Crippen LogP contribution in [-0.2, 0) is 11.3 Å². The first-order valence-corrected chi connectivity index (χ1v) is 10.8. The predicted molar refractivity (Wildman–Crippen MR) is 115 cm³/mol. The number of hydrogen-bond acceptors (Lipinski definition) is 4. The fourth-order valence-electron chi connectivity index (χ4n) is 2.93. The highest BCUT2D eigenvalue weighted by atomic mass is 16.6. The molecule has 5 nitrogen and oxygen atoms in total. The van der Waals surface area contributed by atoms with E-state index >= 15 is 0 Å². The van der Waals surface area contributed by atoms with Crippen molar-refractivity contribution >= 4 is 6.09 Å². The monoisotopic (exact) mass is 392 g/mol. The third kappa shape index (κ3) is 12.7. The zero-order valence-electron chi connectivity index (χ0n) is 18.1. The minimum atomic E-state index is -0.479. The van der Waals surface area contributed by atoms with Gasteiger partial charge in [-0.05, 0) is 65.1 Å². The maximum atomic E-state index is 12.6. The van der Waals surface area contributed by atoms with Crippen molar-refractivity contribution in [3.63, 3.8) is 0 Å². The number of carbonyl (C=O) groups excluding carboxylic acids is 1. The van der Waals surface area contributed by atoms with Gasteiger partial charge in [0.2, 0.25) is 0 Å². The molecule has 0 unspecified atom stereocenters. The second kappa shape index (κ2) is 14.4. The summed E-state index contributed by atoms with van der Waals surface area (Å²) in [5.74, 6) is 0. The van der Waals surface area contributed by atoms with Crippen LogP contribution in [-0.4, -0.2) is 47.9 Å². The van der Waals surface area contributed by atoms with Gasteiger partial charge in [0, 0.05) is 19.7 Å². The van der Waals surface area contributed by atoms with Crippen molar-refractivity contribution in [2.24, 2.45) is 0 Å². The summed E-state index contributed by atoms with van der Waals surface area (Å²) >= 11 is 0. The molecule has 28 heavy (non-hydrogen) atoms. The molecule has 0 aliphatic carbocycles. The number of aliphatic hydroxyl groups is 1. The van der Waals surface area contributed by atoms with Gasteiger partial charge >= 0.3 is 6.09 Å². The molecule has 5 heteroatoms. The number of rotatable bonds is 14. The smallest absolute Gasteiger partial charge is 0.410 e. The van der Waals surface area contributed by atoms with Gasteiger partial charge in [-0.25, -0.2) is 4.79 Å². The minimum absolute atomic E-state index is 0.239. The van der Waals surface area contributed by atoms with Crippen molar-refractivity contribution in [2.75, 3.05) is 26.2 Å². The first-order valence-electron chi connectivity index (χ1n) is 10.8. The molecule has 0 atom stereocenters. The minimum Gasteiger partial charge on any atom is -0.444 e. The van der Waals surface area contributed by atoms with Crippen LogP contribution in [0.15, 0.2) is 30.3 Å². The highest BCUT2D eigenvalue weighted by molar-refractivity contribution is 5.68. The Labute approximate surface area is 171 Å². The number of carbonyl (C=O) groups is 1. The highest BCUT2D eigenvalue weighted by Gasteiger charge is 2.21. The van der Waals surface area contributed by atoms with E-state index in [4.69, 9.17) is 9.84 Å². The maximum Gasteiger partial charge on any atom is 0.410 e. The second-order valence-electron chi connectivity index (χ2n) is 8.34. The highest BCUT2D eigenvalue weighted by Crippen LogP contribution is 2.14. The molecule has 0 aliphatic heterocycles. The van der Waals surface area contributed by atoms with E-state index in [1.807, 2.05) is 56.0 Å². The van der Waals surface area contributed by atoms with Crippen molar-refractivity contribution < 1.29 is 14.6 Å². The van der Waals surface area contributed by atoms with Gasteiger partial charge in [0.25, 0.3) is 0 Å². The number of nitrogens with one attached hydrogen (secondary N) is 1. The van der Waals surface area contributed by atoms with E-state index in [2.05, 4.69) is 5.32 Å². The zero-order chi connectivity index (χ0) is 20.7. The van der Waals surface area contributed by atoms with Gasteiger partial charge in [-0.15, -0.1) is 0 Å². The van der Waals surface area contributed by atoms with Crippen molar-refractivity contribution in [1.29, 1.82) is 0 Å². The van der Waals surface area contributed by atoms with Gasteiger partial charge in [-0.1, -0.05) is 49.6 Å². The first-order chi connectivity index (χ1) is 13.4. The third-order valence-corrected chi connectivity index (χ3v) is 4.41. The summed E-state index contributed by atoms with van der Waals surface area (Å²) < 4.78 is 5.58. The Bertz CT molecular complexity index is 514. The summed E-state index contributed by atoms with van der Waals surface area (Å²) in [6, 6.07) is 10.1. The average Bonchev–Trinajstić information content (AvgIpc) is 2.64. The van der Waals surface area contributed by atoms with Gasteiger partial charge in [0.1, 0.15) is 5.60 Å². The van der Waals surface area contributed by atoms with E-state index in [1.165, 1.54) is 12.8 Å². The largest absolute Gasteiger partial charge is 0.444 e. The number of aliphatic hydroxyl groups excluding tert-OH is 1. The maximum absolute atomic E-state index is 12.6. The van der Waals surface area contributed by atoms with E-state index in [0.717, 1.165) is 50.8 Å². The summed E-state index contributed by atoms with van der Waals surface area (Å²) in [6.45, 7) is 9.38. The van der Waals surface area contributed by atoms with Gasteiger partial charge in [-0.2, -0.15) is 0 Å². The Morgan fingerprint density at radius 1 is 0.964 bits per heavy atom. The summed E-state index contributed by atoms with van der Waals surface area (Å²) in [4.78, 5) is 14.4. The number of benzene rings is 1. The van der Waals surface area contributed by atoms with Gasteiger partial charge in [0.05, 0.1) is 0 Å². The van der Waals surface area contributed by atoms with Gasteiger partial charge in [0.15, 0.2) is 0 Å². The molecular formula is C23H40N2O3. The number of amides is 1. The number of unbranched alkanes of at least 4 members (excludes halogenated alkanes) is 5. The molecule has 0 spiro atoms. The Morgan fingerprint density at radius 2 is 1.57 bits per heavy atom. The predicted octanol–water partition coefficient (Wildman–Crippen LogP) is 4.74. The SMILES string of the molecule is CC(C)(C)OC(=O)N(CCCCCNCCCCCCO)Cc1ccccc1. The third-order valence-electron chi connectivity index (χ3n) is 4.41. The fraction of sp³-hybridized carbons (Fsp3) is 0.696. The quantitative estimate of drug-likeness (QED) is 0.449. The van der Waals surface area contributed by atoms with Gasteiger partial charge in [-0.3, -0.25) is 0 Å². The van der Waals surface area contributed by atoms with E-state index in [9.17, 15) is 4.79 Å². The molecule has 0 aliphatic rings. The van der Waals surface area contributed by atoms with E-state index in [-0.39, 0.29) is 6.09 Å². The molecule has 0 radical (unpaired) electrons. The van der Waals surface area contributed by atoms with Crippen molar-refractivity contribution in [3.05, 3.63) is 35.9 Å². The number of hydrogen-bond donors (Lipinski definition) is 2. The molecule has 0 fully saturated rings. The molecule has 2 N–H and O–H groups in total. The summed E-state index contributed by atoms with van der Waals surface area (Å²) in [7, 11) is 0. The fourth-order valence-corrected chi connectivity index (χ4v) is 2.93. The lowest BCUT2D eigenvalue weighted by Crippen LogP contribution is -2.37. The van der Waals surface area contributed by atoms with Crippen LogP contribution >= 0.6 is 0 Å². The van der Waals surface area contributed by atoms with Crippen LogP contribution in [0.2, 0.25) is 0 Å². The Hall–Kier alpha value is -1.59. The molecule has 0 saturated carbocycles. The number of nitrogens with zero attached hydrogens (tertiary/aromatic N) is 1. The lowest BCUT2D eigenvalue weighted by molar-refractivity contribution is 0.0230. The van der Waals surface area contributed by atoms with Crippen molar-refractivity contribution in [3.8, 4) is 0 Å². The van der Waals surface area contributed by atoms with Crippen molar-refractivity contribution in [1.82, 2.24) is 10.2 Å². The topological polar surface area (TPSA) is 61.8 Å². The molecule has 160 valence electrons. The molecular weight excluding hydrogens is 352 g/mol. The molecule has 1 rings (SSSR count). The zero-order valence-corrected chi connectivity index (χ0v) is 18.1. The standard InChI is InChI=1S/C23H40N2O3/c1-23(2,3)28-22(27)25(20-21-14-8-6-9-15-21)18-12-7-11-17-24-16-10-4-5-13-19-26/h6,8-9,14-15,24,26H,4-5,7,10-13,16-20H2,1-3H3. The molecule has 1 aromatic carbocycles. The molecule has 0 bridgehead atoms. The van der Waals surface area contributed by atoms with Crippen LogP contribution in [0.3, 0.4) is 0 Å². The lowest BCUT2D eigenvalue weighted by atomic mass is 10.2. The van der Waals surface area contributed by atoms with E-state index < -0.39 is 5.60 Å². The lowest BCUT2D eigenvalue weighted by Gasteiger charge is -2.27. The molecule has 0 aromatic heterocycles. The normalized spacial score (nSPS) is 11.4. The van der Waals surface area contributed by atoms with Crippen molar-refractivity contribution in [2.45, 2.75) is 77.9 Å². The van der Waals surface area contributed by atoms with E-state index in [1.54, 1.807) is 0 Å². The summed E-state index contributed by atoms with van der Waals surface area (Å²) in [5, 5.41) is 12.2. The first kappa shape index (κ1) is 24.4. The molecule has 0 saturated heterocycles. The van der Waals surface area contributed by atoms with Gasteiger partial charge < -0.3 is 20.1 Å².